The Labute approximate surface area is 262 Å². The second kappa shape index (κ2) is 15.3. The molecule has 0 radical (unpaired) electrons. The highest BCUT2D eigenvalue weighted by Crippen LogP contribution is 2.28. The first kappa shape index (κ1) is 33.1. The minimum atomic E-state index is -4.05. The van der Waals surface area contributed by atoms with Gasteiger partial charge in [-0.2, -0.15) is 0 Å². The number of benzene rings is 3. The maximum absolute atomic E-state index is 13.6. The van der Waals surface area contributed by atoms with Gasteiger partial charge in [0, 0.05) is 37.9 Å². The quantitative estimate of drug-likeness (QED) is 0.121. The number of aryl methyl sites for hydroxylation is 1. The molecule has 12 heteroatoms. The molecule has 0 saturated heterocycles. The van der Waals surface area contributed by atoms with E-state index in [0.29, 0.717) is 36.2 Å². The third-order valence-electron chi connectivity index (χ3n) is 7.20. The zero-order valence-electron chi connectivity index (χ0n) is 25.2. The third kappa shape index (κ3) is 8.87. The van der Waals surface area contributed by atoms with E-state index >= 15 is 0 Å². The fraction of sp³-hybridized carbons (Fsp3) is 0.273. The molecule has 0 bridgehead atoms. The summed E-state index contributed by atoms with van der Waals surface area (Å²) in [6, 6.07) is 22.6. The fourth-order valence-corrected chi connectivity index (χ4v) is 6.29. The van der Waals surface area contributed by atoms with Gasteiger partial charge in [0.05, 0.1) is 11.1 Å². The van der Waals surface area contributed by atoms with E-state index in [4.69, 9.17) is 5.21 Å². The highest BCUT2D eigenvalue weighted by Gasteiger charge is 2.23. The molecule has 0 unspecified atom stereocenters. The van der Waals surface area contributed by atoms with Gasteiger partial charge in [0.25, 0.3) is 15.9 Å². The Morgan fingerprint density at radius 3 is 2.29 bits per heavy atom. The number of amides is 3. The summed E-state index contributed by atoms with van der Waals surface area (Å²) in [6.07, 6.45) is 4.29. The van der Waals surface area contributed by atoms with Crippen molar-refractivity contribution in [3.63, 3.8) is 0 Å². The monoisotopic (exact) mass is 631 g/mol. The molecule has 3 amide bonds. The highest BCUT2D eigenvalue weighted by atomic mass is 32.2. The van der Waals surface area contributed by atoms with Gasteiger partial charge in [-0.1, -0.05) is 86.1 Å². The molecule has 4 aromatic rings. The van der Waals surface area contributed by atoms with Crippen molar-refractivity contribution < 1.29 is 28.0 Å². The van der Waals surface area contributed by atoms with Gasteiger partial charge in [-0.3, -0.25) is 19.6 Å². The lowest BCUT2D eigenvalue weighted by Gasteiger charge is -2.19. The molecule has 4 rings (SSSR count). The number of hydrogen-bond acceptors (Lipinski definition) is 7. The number of carbonyl (C=O) groups is 3. The van der Waals surface area contributed by atoms with Crippen LogP contribution in [0.2, 0.25) is 0 Å². The fourth-order valence-electron chi connectivity index (χ4n) is 5.06. The van der Waals surface area contributed by atoms with E-state index in [1.807, 2.05) is 51.8 Å². The predicted molar refractivity (Wildman–Crippen MR) is 169 cm³/mol. The molecule has 4 N–H and O–H groups in total. The molecule has 3 aromatic carbocycles. The van der Waals surface area contributed by atoms with Crippen LogP contribution in [0.3, 0.4) is 0 Å². The molecule has 0 aliphatic heterocycles. The van der Waals surface area contributed by atoms with E-state index in [0.717, 1.165) is 36.7 Å². The number of carbonyl (C=O) groups excluding carboxylic acids is 3. The normalized spacial score (nSPS) is 11.9. The lowest BCUT2D eigenvalue weighted by Crippen LogP contribution is -2.41. The number of nitrogens with one attached hydrogen (secondary N) is 3. The Morgan fingerprint density at radius 1 is 0.933 bits per heavy atom. The van der Waals surface area contributed by atoms with E-state index in [2.05, 4.69) is 17.2 Å². The second-order valence-electron chi connectivity index (χ2n) is 10.7. The SMILES string of the molecule is CCCCc1ncc(C(=O)N[C@H](CC(=O)NO)Cc2ccccc2)n1Cc1ccc(-c2ccccc2S(=O)(=O)NC(C)=O)cc1. The molecule has 1 heterocycles. The lowest BCUT2D eigenvalue weighted by molar-refractivity contribution is -0.129. The van der Waals surface area contributed by atoms with Gasteiger partial charge in [-0.25, -0.2) is 23.6 Å². The number of sulfonamides is 1. The summed E-state index contributed by atoms with van der Waals surface area (Å²) in [6.45, 7) is 3.54. The summed E-state index contributed by atoms with van der Waals surface area (Å²) in [5, 5.41) is 12.1. The van der Waals surface area contributed by atoms with Crippen molar-refractivity contribution in [2.45, 2.75) is 63.4 Å². The van der Waals surface area contributed by atoms with Crippen LogP contribution in [0.4, 0.5) is 0 Å². The van der Waals surface area contributed by atoms with Crippen molar-refractivity contribution in [3.8, 4) is 11.1 Å². The van der Waals surface area contributed by atoms with E-state index in [9.17, 15) is 22.8 Å². The van der Waals surface area contributed by atoms with Crippen molar-refractivity contribution in [1.82, 2.24) is 25.1 Å². The number of imidazole rings is 1. The zero-order chi connectivity index (χ0) is 32.4. The van der Waals surface area contributed by atoms with Gasteiger partial charge in [-0.05, 0) is 35.6 Å². The molecule has 0 fully saturated rings. The van der Waals surface area contributed by atoms with Crippen LogP contribution >= 0.6 is 0 Å². The van der Waals surface area contributed by atoms with Crippen molar-refractivity contribution >= 4 is 27.7 Å². The van der Waals surface area contributed by atoms with E-state index in [-0.39, 0.29) is 11.3 Å². The van der Waals surface area contributed by atoms with Crippen molar-refractivity contribution in [3.05, 3.63) is 108 Å². The van der Waals surface area contributed by atoms with Crippen LogP contribution in [0.1, 0.15) is 60.5 Å². The van der Waals surface area contributed by atoms with Gasteiger partial charge < -0.3 is 9.88 Å². The van der Waals surface area contributed by atoms with Crippen molar-refractivity contribution in [2.24, 2.45) is 0 Å². The minimum absolute atomic E-state index is 0.0108. The molecule has 45 heavy (non-hydrogen) atoms. The number of nitrogens with zero attached hydrogens (tertiary/aromatic N) is 2. The largest absolute Gasteiger partial charge is 0.347 e. The van der Waals surface area contributed by atoms with Crippen molar-refractivity contribution in [1.29, 1.82) is 0 Å². The maximum Gasteiger partial charge on any atom is 0.269 e. The van der Waals surface area contributed by atoms with Crippen LogP contribution in [0.5, 0.6) is 0 Å². The van der Waals surface area contributed by atoms with E-state index in [1.54, 1.807) is 35.8 Å². The molecule has 0 saturated carbocycles. The van der Waals surface area contributed by atoms with Crippen LogP contribution in [-0.4, -0.2) is 46.9 Å². The molecule has 1 atom stereocenters. The average Bonchev–Trinajstić information content (AvgIpc) is 3.42. The Bertz CT molecular complexity index is 1740. The number of hydroxylamine groups is 1. The summed E-state index contributed by atoms with van der Waals surface area (Å²) in [4.78, 5) is 41.7. The minimum Gasteiger partial charge on any atom is -0.347 e. The van der Waals surface area contributed by atoms with Gasteiger partial charge >= 0.3 is 0 Å². The summed E-state index contributed by atoms with van der Waals surface area (Å²) in [5.41, 5.74) is 4.84. The summed E-state index contributed by atoms with van der Waals surface area (Å²) < 4.78 is 29.4. The number of hydrogen-bond donors (Lipinski definition) is 4. The third-order valence-corrected chi connectivity index (χ3v) is 8.69. The highest BCUT2D eigenvalue weighted by molar-refractivity contribution is 7.90. The second-order valence-corrected chi connectivity index (χ2v) is 12.4. The van der Waals surface area contributed by atoms with E-state index in [1.165, 1.54) is 12.3 Å². The Balaban J connectivity index is 1.60. The van der Waals surface area contributed by atoms with E-state index < -0.39 is 33.8 Å². The number of rotatable bonds is 14. The topological polar surface area (TPSA) is 159 Å². The smallest absolute Gasteiger partial charge is 0.269 e. The van der Waals surface area contributed by atoms with Crippen molar-refractivity contribution in [2.75, 3.05) is 0 Å². The summed E-state index contributed by atoms with van der Waals surface area (Å²) in [5.74, 6) is -0.946. The van der Waals surface area contributed by atoms with Gasteiger partial charge in [0.1, 0.15) is 11.5 Å². The number of unbranched alkanes of at least 4 members (excludes halogenated alkanes) is 1. The zero-order valence-corrected chi connectivity index (χ0v) is 26.0. The maximum atomic E-state index is 13.6. The Hall–Kier alpha value is -4.81. The summed E-state index contributed by atoms with van der Waals surface area (Å²) >= 11 is 0. The van der Waals surface area contributed by atoms with Crippen LogP contribution in [0, 0.1) is 0 Å². The first-order valence-electron chi connectivity index (χ1n) is 14.6. The molecule has 0 aliphatic carbocycles. The summed E-state index contributed by atoms with van der Waals surface area (Å²) in [7, 11) is -4.05. The van der Waals surface area contributed by atoms with Crippen LogP contribution in [0.15, 0.2) is 90.0 Å². The first-order valence-corrected chi connectivity index (χ1v) is 16.1. The molecular weight excluding hydrogens is 594 g/mol. The van der Waals surface area contributed by atoms with Gasteiger partial charge in [0.15, 0.2) is 0 Å². The van der Waals surface area contributed by atoms with Crippen LogP contribution in [0.25, 0.3) is 11.1 Å². The molecular formula is C33H37N5O6S. The van der Waals surface area contributed by atoms with Gasteiger partial charge in [-0.15, -0.1) is 0 Å². The average molecular weight is 632 g/mol. The molecule has 0 aliphatic rings. The Morgan fingerprint density at radius 2 is 1.62 bits per heavy atom. The number of aromatic nitrogens is 2. The Kier molecular flexibility index (Phi) is 11.2. The molecule has 11 nitrogen and oxygen atoms in total. The first-order chi connectivity index (χ1) is 21.6. The standard InChI is InChI=1S/C33H37N5O6S/c1-3-4-14-31-34-21-29(33(41)35-27(20-32(40)36-42)19-24-10-6-5-7-11-24)38(31)22-25-15-17-26(18-16-25)28-12-8-9-13-30(28)45(43,44)37-23(2)39/h5-13,15-18,21,27,42H,3-4,14,19-20,22H2,1-2H3,(H,35,41)(H,36,40)(H,37,39)/t27-/m0/s1. The molecule has 236 valence electrons. The molecule has 0 spiro atoms. The predicted octanol–water partition coefficient (Wildman–Crippen LogP) is 4.00. The van der Waals surface area contributed by atoms with Gasteiger partial charge in [0.2, 0.25) is 11.8 Å². The lowest BCUT2D eigenvalue weighted by atomic mass is 10.0. The van der Waals surface area contributed by atoms with Crippen LogP contribution < -0.4 is 15.5 Å². The van der Waals surface area contributed by atoms with Crippen LogP contribution in [-0.2, 0) is 39.0 Å². The molecule has 1 aromatic heterocycles.